The van der Waals surface area contributed by atoms with Gasteiger partial charge in [0.05, 0.1) is 5.56 Å². The molecule has 0 bridgehead atoms. The van der Waals surface area contributed by atoms with Crippen molar-refractivity contribution in [3.8, 4) is 5.75 Å². The molecule has 0 radical (unpaired) electrons. The van der Waals surface area contributed by atoms with E-state index in [1.807, 2.05) is 0 Å². The van der Waals surface area contributed by atoms with Gasteiger partial charge in [0.2, 0.25) is 0 Å². The largest absolute Gasteiger partial charge is 0.507 e. The Kier molecular flexibility index (Phi) is 4.43. The van der Waals surface area contributed by atoms with E-state index in [1.165, 1.54) is 0 Å². The van der Waals surface area contributed by atoms with Crippen LogP contribution in [0.2, 0.25) is 0 Å². The molecule has 0 spiro atoms. The second kappa shape index (κ2) is 5.22. The second-order valence-corrected chi connectivity index (χ2v) is 4.70. The lowest BCUT2D eigenvalue weighted by Gasteiger charge is -2.24. The number of nitrogens with two attached hydrogens (primary N) is 1. The molecule has 0 amide bonds. The van der Waals surface area contributed by atoms with Gasteiger partial charge in [-0.1, -0.05) is 15.9 Å². The van der Waals surface area contributed by atoms with Crippen LogP contribution in [-0.2, 0) is 6.18 Å². The third-order valence-corrected chi connectivity index (χ3v) is 2.87. The maximum absolute atomic E-state index is 13.2. The van der Waals surface area contributed by atoms with Crippen LogP contribution in [0.25, 0.3) is 0 Å². The van der Waals surface area contributed by atoms with Crippen LogP contribution in [0.15, 0.2) is 16.6 Å². The summed E-state index contributed by atoms with van der Waals surface area (Å²) in [6.45, 7) is -1.65. The molecule has 0 heterocycles. The molecule has 0 aliphatic heterocycles. The van der Waals surface area contributed by atoms with E-state index in [-0.39, 0.29) is 4.47 Å². The number of phenols is 1. The average Bonchev–Trinajstić information content (AvgIpc) is 2.29. The van der Waals surface area contributed by atoms with Crippen LogP contribution >= 0.6 is 15.9 Å². The highest BCUT2D eigenvalue weighted by Crippen LogP contribution is 2.43. The van der Waals surface area contributed by atoms with Crippen LogP contribution in [0, 0.1) is 0 Å². The third kappa shape index (κ3) is 3.34. The van der Waals surface area contributed by atoms with Gasteiger partial charge >= 0.3 is 6.18 Å². The molecule has 4 N–H and O–H groups in total. The van der Waals surface area contributed by atoms with Crippen molar-refractivity contribution >= 4 is 15.9 Å². The van der Waals surface area contributed by atoms with Crippen LogP contribution in [0.5, 0.6) is 5.75 Å². The monoisotopic (exact) mass is 349 g/mol. The van der Waals surface area contributed by atoms with Gasteiger partial charge in [-0.25, -0.2) is 8.78 Å². The molecule has 0 aliphatic rings. The van der Waals surface area contributed by atoms with E-state index in [0.717, 1.165) is 6.07 Å². The van der Waals surface area contributed by atoms with Gasteiger partial charge in [0, 0.05) is 10.0 Å². The molecule has 1 aromatic rings. The quantitative estimate of drug-likeness (QED) is 0.735. The molecule has 0 unspecified atom stereocenters. The normalized spacial score (nSPS) is 14.5. The summed E-state index contributed by atoms with van der Waals surface area (Å²) >= 11 is 2.72. The lowest BCUT2D eigenvalue weighted by molar-refractivity contribution is -0.139. The Morgan fingerprint density at radius 1 is 1.21 bits per heavy atom. The van der Waals surface area contributed by atoms with E-state index in [9.17, 15) is 27.1 Å². The summed E-state index contributed by atoms with van der Waals surface area (Å²) in [6.07, 6.45) is -4.92. The van der Waals surface area contributed by atoms with Crippen LogP contribution in [-0.4, -0.2) is 22.7 Å². The van der Waals surface area contributed by atoms with E-state index in [4.69, 9.17) is 10.8 Å². The first-order chi connectivity index (χ1) is 8.50. The molecule has 108 valence electrons. The Morgan fingerprint density at radius 3 is 2.16 bits per heavy atom. The van der Waals surface area contributed by atoms with E-state index in [2.05, 4.69) is 15.9 Å². The number of hydrogen-bond acceptors (Lipinski definition) is 3. The minimum atomic E-state index is -4.92. The molecule has 19 heavy (non-hydrogen) atoms. The standard InChI is InChI=1S/C10H9BrF5NO2/c11-4-1-5(8(17)9(12,13)3-18)7(19)6(2-4)10(14,15)16/h1-2,8,18-19H,3,17H2/t8-/m0/s1. The second-order valence-electron chi connectivity index (χ2n) is 3.79. The Labute approximate surface area is 113 Å². The Bertz CT molecular complexity index is 478. The van der Waals surface area contributed by atoms with Gasteiger partial charge in [0.15, 0.2) is 0 Å². The van der Waals surface area contributed by atoms with Gasteiger partial charge in [-0.15, -0.1) is 0 Å². The molecule has 0 aromatic heterocycles. The minimum Gasteiger partial charge on any atom is -0.507 e. The van der Waals surface area contributed by atoms with E-state index in [0.29, 0.717) is 6.07 Å². The van der Waals surface area contributed by atoms with Crippen molar-refractivity contribution in [3.05, 3.63) is 27.7 Å². The van der Waals surface area contributed by atoms with Gasteiger partial charge in [-0.2, -0.15) is 13.2 Å². The highest BCUT2D eigenvalue weighted by Gasteiger charge is 2.42. The van der Waals surface area contributed by atoms with Gasteiger partial charge in [0.25, 0.3) is 5.92 Å². The number of halogens is 6. The lowest BCUT2D eigenvalue weighted by atomic mass is 9.98. The van der Waals surface area contributed by atoms with Gasteiger partial charge in [-0.05, 0) is 12.1 Å². The fourth-order valence-electron chi connectivity index (χ4n) is 1.40. The van der Waals surface area contributed by atoms with E-state index >= 15 is 0 Å². The molecule has 0 aliphatic carbocycles. The summed E-state index contributed by atoms with van der Waals surface area (Å²) in [6, 6.07) is -0.877. The van der Waals surface area contributed by atoms with Crippen LogP contribution in [0.4, 0.5) is 22.0 Å². The summed E-state index contributed by atoms with van der Waals surface area (Å²) in [5.41, 5.74) is 2.82. The van der Waals surface area contributed by atoms with Crippen molar-refractivity contribution < 1.29 is 32.2 Å². The predicted molar refractivity (Wildman–Crippen MR) is 59.8 cm³/mol. The van der Waals surface area contributed by atoms with Crippen molar-refractivity contribution in [1.82, 2.24) is 0 Å². The minimum absolute atomic E-state index is 0.170. The molecular formula is C10H9BrF5NO2. The van der Waals surface area contributed by atoms with Gasteiger partial charge < -0.3 is 15.9 Å². The van der Waals surface area contributed by atoms with Crippen molar-refractivity contribution in [2.24, 2.45) is 5.73 Å². The fraction of sp³-hybridized carbons (Fsp3) is 0.400. The maximum atomic E-state index is 13.2. The smallest absolute Gasteiger partial charge is 0.420 e. The number of rotatable bonds is 3. The number of hydrogen-bond donors (Lipinski definition) is 3. The van der Waals surface area contributed by atoms with Crippen molar-refractivity contribution in [2.45, 2.75) is 18.1 Å². The zero-order chi connectivity index (χ0) is 15.0. The third-order valence-electron chi connectivity index (χ3n) is 2.41. The number of alkyl halides is 5. The summed E-state index contributed by atoms with van der Waals surface area (Å²) in [4.78, 5) is 0. The topological polar surface area (TPSA) is 66.5 Å². The summed E-state index contributed by atoms with van der Waals surface area (Å²) in [7, 11) is 0. The van der Waals surface area contributed by atoms with Crippen LogP contribution in [0.1, 0.15) is 17.2 Å². The molecule has 9 heteroatoms. The first-order valence-corrected chi connectivity index (χ1v) is 5.64. The molecule has 3 nitrogen and oxygen atoms in total. The maximum Gasteiger partial charge on any atom is 0.420 e. The highest BCUT2D eigenvalue weighted by atomic mass is 79.9. The zero-order valence-corrected chi connectivity index (χ0v) is 10.8. The molecule has 1 rings (SSSR count). The lowest BCUT2D eigenvalue weighted by Crippen LogP contribution is -2.36. The summed E-state index contributed by atoms with van der Waals surface area (Å²) < 4.78 is 64.0. The predicted octanol–water partition coefficient (Wildman–Crippen LogP) is 2.80. The Morgan fingerprint density at radius 2 is 1.74 bits per heavy atom. The highest BCUT2D eigenvalue weighted by molar-refractivity contribution is 9.10. The molecule has 1 atom stereocenters. The first kappa shape index (κ1) is 16.1. The molecule has 0 fully saturated rings. The van der Waals surface area contributed by atoms with Crippen molar-refractivity contribution in [2.75, 3.05) is 6.61 Å². The summed E-state index contributed by atoms with van der Waals surface area (Å²) in [5.74, 6) is -5.24. The summed E-state index contributed by atoms with van der Waals surface area (Å²) in [5, 5.41) is 17.9. The Hall–Kier alpha value is -0.930. The number of aromatic hydroxyl groups is 1. The number of aliphatic hydroxyl groups excluding tert-OH is 1. The van der Waals surface area contributed by atoms with Gasteiger partial charge in [0.1, 0.15) is 18.4 Å². The number of benzene rings is 1. The van der Waals surface area contributed by atoms with Crippen LogP contribution in [0.3, 0.4) is 0 Å². The molecular weight excluding hydrogens is 341 g/mol. The van der Waals surface area contributed by atoms with Crippen molar-refractivity contribution in [3.63, 3.8) is 0 Å². The van der Waals surface area contributed by atoms with E-state index < -0.39 is 41.6 Å². The number of aliphatic hydroxyl groups is 1. The fourth-order valence-corrected chi connectivity index (χ4v) is 1.87. The first-order valence-electron chi connectivity index (χ1n) is 4.84. The SMILES string of the molecule is N[C@@H](c1cc(Br)cc(C(F)(F)F)c1O)C(F)(F)CO. The average molecular weight is 350 g/mol. The van der Waals surface area contributed by atoms with Crippen molar-refractivity contribution in [1.29, 1.82) is 0 Å². The van der Waals surface area contributed by atoms with Crippen LogP contribution < -0.4 is 5.73 Å². The van der Waals surface area contributed by atoms with Gasteiger partial charge in [-0.3, -0.25) is 0 Å². The molecule has 0 saturated carbocycles. The van der Waals surface area contributed by atoms with E-state index in [1.54, 1.807) is 0 Å². The molecule has 0 saturated heterocycles. The molecule has 1 aromatic carbocycles. The zero-order valence-electron chi connectivity index (χ0n) is 9.18. The Balaban J connectivity index is 3.42. The number of phenolic OH excluding ortho intramolecular Hbond substituents is 1.